The maximum absolute atomic E-state index is 12.4. The molecule has 3 rings (SSSR count). The lowest BCUT2D eigenvalue weighted by atomic mass is 9.94. The molecule has 0 aromatic carbocycles. The molecule has 0 aliphatic carbocycles. The van der Waals surface area contributed by atoms with Crippen molar-refractivity contribution < 1.29 is 8.42 Å². The van der Waals surface area contributed by atoms with E-state index in [1.54, 1.807) is 29.7 Å². The molecular weight excluding hydrogens is 384 g/mol. The van der Waals surface area contributed by atoms with E-state index in [2.05, 4.69) is 20.3 Å². The summed E-state index contributed by atoms with van der Waals surface area (Å²) in [6.45, 7) is 4.98. The van der Waals surface area contributed by atoms with Crippen LogP contribution in [0.15, 0.2) is 12.3 Å². The van der Waals surface area contributed by atoms with Crippen LogP contribution in [0.3, 0.4) is 0 Å². The van der Waals surface area contributed by atoms with E-state index >= 15 is 0 Å². The highest BCUT2D eigenvalue weighted by Crippen LogP contribution is 2.25. The third-order valence-corrected chi connectivity index (χ3v) is 7.25. The van der Waals surface area contributed by atoms with Gasteiger partial charge in [0.05, 0.1) is 0 Å². The fourth-order valence-corrected chi connectivity index (χ4v) is 5.14. The first-order valence-electron chi connectivity index (χ1n) is 8.95. The van der Waals surface area contributed by atoms with Crippen molar-refractivity contribution in [1.29, 1.82) is 0 Å². The zero-order valence-corrected chi connectivity index (χ0v) is 17.8. The third kappa shape index (κ3) is 5.01. The number of hydrogen-bond donors (Lipinski definition) is 1. The van der Waals surface area contributed by atoms with Crippen molar-refractivity contribution in [3.8, 4) is 0 Å². The first-order chi connectivity index (χ1) is 12.7. The minimum atomic E-state index is -3.37. The Kier molecular flexibility index (Phi) is 6.09. The summed E-state index contributed by atoms with van der Waals surface area (Å²) < 4.78 is 27.7. The number of hydrogen-bond acceptors (Lipinski definition) is 7. The SMILES string of the molecule is Cc1nc(C[C@H]2CCCN(S(=O)(=O)N(C)C)C2)cc(Nc2ncc(C)s2)n1. The summed E-state index contributed by atoms with van der Waals surface area (Å²) in [7, 11) is -0.216. The third-order valence-electron chi connectivity index (χ3n) is 4.51. The van der Waals surface area contributed by atoms with Gasteiger partial charge in [-0.3, -0.25) is 0 Å². The largest absolute Gasteiger partial charge is 0.316 e. The van der Waals surface area contributed by atoms with E-state index < -0.39 is 10.2 Å². The molecule has 10 heteroatoms. The second kappa shape index (κ2) is 8.17. The molecule has 1 saturated heterocycles. The fourth-order valence-electron chi connectivity index (χ4n) is 3.25. The maximum atomic E-state index is 12.4. The molecule has 2 aromatic rings. The molecule has 1 atom stereocenters. The average Bonchev–Trinajstić information content (AvgIpc) is 2.99. The molecule has 8 nitrogen and oxygen atoms in total. The molecule has 3 heterocycles. The zero-order chi connectivity index (χ0) is 19.6. The molecule has 0 amide bonds. The van der Waals surface area contributed by atoms with Crippen LogP contribution in [-0.2, 0) is 16.6 Å². The molecule has 0 spiro atoms. The number of nitrogens with one attached hydrogen (secondary N) is 1. The van der Waals surface area contributed by atoms with Crippen LogP contribution in [0.5, 0.6) is 0 Å². The Bertz CT molecular complexity index is 897. The highest BCUT2D eigenvalue weighted by Gasteiger charge is 2.30. The van der Waals surface area contributed by atoms with Crippen LogP contribution in [0, 0.1) is 19.8 Å². The Hall–Kier alpha value is -1.62. The lowest BCUT2D eigenvalue weighted by Gasteiger charge is -2.33. The van der Waals surface area contributed by atoms with Crippen molar-refractivity contribution >= 4 is 32.5 Å². The van der Waals surface area contributed by atoms with Crippen molar-refractivity contribution in [3.63, 3.8) is 0 Å². The van der Waals surface area contributed by atoms with Gasteiger partial charge in [0.15, 0.2) is 5.13 Å². The number of thiazole rings is 1. The van der Waals surface area contributed by atoms with E-state index in [0.29, 0.717) is 18.9 Å². The summed E-state index contributed by atoms with van der Waals surface area (Å²) in [6, 6.07) is 1.93. The minimum absolute atomic E-state index is 0.248. The van der Waals surface area contributed by atoms with E-state index in [9.17, 15) is 8.42 Å². The Labute approximate surface area is 164 Å². The van der Waals surface area contributed by atoms with Crippen LogP contribution in [0.25, 0.3) is 0 Å². The molecule has 0 unspecified atom stereocenters. The molecule has 0 radical (unpaired) electrons. The second-order valence-corrected chi connectivity index (χ2v) is 10.4. The molecule has 27 heavy (non-hydrogen) atoms. The Morgan fingerprint density at radius 3 is 2.78 bits per heavy atom. The highest BCUT2D eigenvalue weighted by molar-refractivity contribution is 7.86. The summed E-state index contributed by atoms with van der Waals surface area (Å²) in [5.74, 6) is 1.66. The van der Waals surface area contributed by atoms with Crippen LogP contribution in [0.1, 0.15) is 29.2 Å². The van der Waals surface area contributed by atoms with E-state index in [1.165, 1.54) is 4.31 Å². The first-order valence-corrected chi connectivity index (χ1v) is 11.2. The van der Waals surface area contributed by atoms with E-state index in [0.717, 1.165) is 40.8 Å². The second-order valence-electron chi connectivity index (χ2n) is 7.05. The smallest absolute Gasteiger partial charge is 0.281 e. The number of anilines is 2. The van der Waals surface area contributed by atoms with Gasteiger partial charge in [0.1, 0.15) is 11.6 Å². The highest BCUT2D eigenvalue weighted by atomic mass is 32.2. The van der Waals surface area contributed by atoms with Crippen LogP contribution in [0.4, 0.5) is 10.9 Å². The van der Waals surface area contributed by atoms with Crippen LogP contribution >= 0.6 is 11.3 Å². The zero-order valence-electron chi connectivity index (χ0n) is 16.1. The normalized spacial score (nSPS) is 18.8. The lowest BCUT2D eigenvalue weighted by Crippen LogP contribution is -2.45. The summed E-state index contributed by atoms with van der Waals surface area (Å²) in [6.07, 6.45) is 4.42. The van der Waals surface area contributed by atoms with Crippen LogP contribution in [-0.4, -0.2) is 59.2 Å². The summed E-state index contributed by atoms with van der Waals surface area (Å²) in [4.78, 5) is 14.4. The predicted octanol–water partition coefficient (Wildman–Crippen LogP) is 2.35. The number of aryl methyl sites for hydroxylation is 2. The van der Waals surface area contributed by atoms with Crippen molar-refractivity contribution in [2.75, 3.05) is 32.5 Å². The molecule has 1 N–H and O–H groups in total. The monoisotopic (exact) mass is 410 g/mol. The van der Waals surface area contributed by atoms with Crippen molar-refractivity contribution in [1.82, 2.24) is 23.6 Å². The van der Waals surface area contributed by atoms with Gasteiger partial charge in [-0.15, -0.1) is 11.3 Å². The average molecular weight is 411 g/mol. The Morgan fingerprint density at radius 1 is 1.33 bits per heavy atom. The summed E-state index contributed by atoms with van der Waals surface area (Å²) >= 11 is 1.58. The van der Waals surface area contributed by atoms with Gasteiger partial charge < -0.3 is 5.32 Å². The minimum Gasteiger partial charge on any atom is -0.316 e. The molecule has 1 aliphatic rings. The van der Waals surface area contributed by atoms with Crippen LogP contribution < -0.4 is 5.32 Å². The predicted molar refractivity (Wildman–Crippen MR) is 108 cm³/mol. The first kappa shape index (κ1) is 20.1. The van der Waals surface area contributed by atoms with E-state index in [4.69, 9.17) is 0 Å². The van der Waals surface area contributed by atoms with Gasteiger partial charge in [0, 0.05) is 50.0 Å². The van der Waals surface area contributed by atoms with Gasteiger partial charge in [-0.2, -0.15) is 17.0 Å². The van der Waals surface area contributed by atoms with Gasteiger partial charge in [0.25, 0.3) is 10.2 Å². The summed E-state index contributed by atoms with van der Waals surface area (Å²) in [5, 5.41) is 4.04. The quantitative estimate of drug-likeness (QED) is 0.786. The van der Waals surface area contributed by atoms with Gasteiger partial charge in [-0.05, 0) is 39.0 Å². The number of nitrogens with zero attached hydrogens (tertiary/aromatic N) is 5. The molecule has 0 bridgehead atoms. The summed E-state index contributed by atoms with van der Waals surface area (Å²) in [5.41, 5.74) is 0.923. The maximum Gasteiger partial charge on any atom is 0.281 e. The van der Waals surface area contributed by atoms with Gasteiger partial charge in [-0.1, -0.05) is 0 Å². The van der Waals surface area contributed by atoms with Crippen molar-refractivity contribution in [2.24, 2.45) is 5.92 Å². The topological polar surface area (TPSA) is 91.3 Å². The van der Waals surface area contributed by atoms with Gasteiger partial charge >= 0.3 is 0 Å². The molecule has 2 aromatic heterocycles. The molecular formula is C17H26N6O2S2. The molecule has 1 fully saturated rings. The molecule has 0 saturated carbocycles. The number of rotatable bonds is 6. The van der Waals surface area contributed by atoms with Gasteiger partial charge in [-0.25, -0.2) is 15.0 Å². The number of aromatic nitrogens is 3. The van der Waals surface area contributed by atoms with Crippen molar-refractivity contribution in [3.05, 3.63) is 28.7 Å². The fraction of sp³-hybridized carbons (Fsp3) is 0.588. The van der Waals surface area contributed by atoms with E-state index in [-0.39, 0.29) is 5.92 Å². The van der Waals surface area contributed by atoms with E-state index in [1.807, 2.05) is 26.1 Å². The lowest BCUT2D eigenvalue weighted by molar-refractivity contribution is 0.253. The van der Waals surface area contributed by atoms with Gasteiger partial charge in [0.2, 0.25) is 0 Å². The van der Waals surface area contributed by atoms with Crippen LogP contribution in [0.2, 0.25) is 0 Å². The molecule has 148 valence electrons. The van der Waals surface area contributed by atoms with Crippen molar-refractivity contribution in [2.45, 2.75) is 33.1 Å². The molecule has 1 aliphatic heterocycles. The Balaban J connectivity index is 1.71. The standard InChI is InChI=1S/C17H26N6O2S2/c1-12-10-18-17(26-12)21-16-9-15(19-13(2)20-16)8-14-6-5-7-23(11-14)27(24,25)22(3)4/h9-10,14H,5-8,11H2,1-4H3,(H,18,19,20,21)/t14-/m1/s1. The number of piperidine rings is 1. The Morgan fingerprint density at radius 2 is 2.11 bits per heavy atom.